The van der Waals surface area contributed by atoms with Gasteiger partial charge >= 0.3 is 0 Å². The fraction of sp³-hybridized carbons (Fsp3) is 0.333. The number of alkyl halides is 1. The number of benzene rings is 2. The monoisotopic (exact) mass is 350 g/mol. The molecule has 1 atom stereocenters. The van der Waals surface area contributed by atoms with Crippen LogP contribution in [0.3, 0.4) is 0 Å². The molecule has 2 aromatic carbocycles. The van der Waals surface area contributed by atoms with Gasteiger partial charge in [0.05, 0.1) is 0 Å². The Balaban J connectivity index is 2.11. The normalized spacial score (nSPS) is 12.4. The molecule has 0 heterocycles. The third-order valence-corrected chi connectivity index (χ3v) is 4.57. The molecule has 0 aromatic heterocycles. The van der Waals surface area contributed by atoms with Gasteiger partial charge in [-0.3, -0.25) is 0 Å². The van der Waals surface area contributed by atoms with E-state index in [1.54, 1.807) is 0 Å². The predicted octanol–water partition coefficient (Wildman–Crippen LogP) is 5.71. The summed E-state index contributed by atoms with van der Waals surface area (Å²) in [5, 5.41) is 0. The van der Waals surface area contributed by atoms with Crippen LogP contribution in [-0.4, -0.2) is 5.88 Å². The van der Waals surface area contributed by atoms with Crippen molar-refractivity contribution in [1.82, 2.24) is 0 Å². The van der Waals surface area contributed by atoms with Gasteiger partial charge in [-0.05, 0) is 61.4 Å². The van der Waals surface area contributed by atoms with E-state index >= 15 is 0 Å². The van der Waals surface area contributed by atoms with Crippen molar-refractivity contribution >= 4 is 27.5 Å². The van der Waals surface area contributed by atoms with Crippen molar-refractivity contribution in [2.45, 2.75) is 26.7 Å². The molecule has 2 rings (SSSR count). The first-order chi connectivity index (χ1) is 9.58. The second-order valence-electron chi connectivity index (χ2n) is 5.49. The number of hydrogen-bond donors (Lipinski definition) is 0. The second-order valence-corrected chi connectivity index (χ2v) is 6.71. The van der Waals surface area contributed by atoms with E-state index in [0.717, 1.165) is 17.3 Å². The third-order valence-electron chi connectivity index (χ3n) is 3.64. The molecule has 0 fully saturated rings. The maximum atomic E-state index is 6.19. The van der Waals surface area contributed by atoms with Crippen LogP contribution in [0.25, 0.3) is 0 Å². The van der Waals surface area contributed by atoms with Gasteiger partial charge in [0.15, 0.2) is 0 Å². The molecule has 0 bridgehead atoms. The van der Waals surface area contributed by atoms with Gasteiger partial charge in [-0.15, -0.1) is 11.6 Å². The minimum atomic E-state index is 0.478. The molecular formula is C18H20BrCl. The van der Waals surface area contributed by atoms with Crippen LogP contribution in [-0.2, 0) is 12.8 Å². The molecular weight excluding hydrogens is 332 g/mol. The molecule has 0 aliphatic carbocycles. The first-order valence-corrected chi connectivity index (χ1v) is 8.28. The summed E-state index contributed by atoms with van der Waals surface area (Å²) < 4.78 is 1.13. The van der Waals surface area contributed by atoms with Crippen LogP contribution in [0.2, 0.25) is 0 Å². The molecule has 0 N–H and O–H groups in total. The SMILES string of the molecule is Cc1ccc(C)c(CC(CCl)Cc2cccc(Br)c2)c1. The van der Waals surface area contributed by atoms with Crippen molar-refractivity contribution in [1.29, 1.82) is 0 Å². The van der Waals surface area contributed by atoms with E-state index in [-0.39, 0.29) is 0 Å². The Bertz CT molecular complexity index is 577. The Morgan fingerprint density at radius 2 is 1.85 bits per heavy atom. The van der Waals surface area contributed by atoms with Crippen molar-refractivity contribution in [3.63, 3.8) is 0 Å². The van der Waals surface area contributed by atoms with Crippen LogP contribution < -0.4 is 0 Å². The summed E-state index contributed by atoms with van der Waals surface area (Å²) in [5.41, 5.74) is 5.45. The average molecular weight is 352 g/mol. The number of rotatable bonds is 5. The lowest BCUT2D eigenvalue weighted by atomic mass is 9.91. The van der Waals surface area contributed by atoms with Crippen LogP contribution in [0.5, 0.6) is 0 Å². The van der Waals surface area contributed by atoms with Gasteiger partial charge in [-0.2, -0.15) is 0 Å². The zero-order valence-corrected chi connectivity index (χ0v) is 14.3. The van der Waals surface area contributed by atoms with Crippen molar-refractivity contribution in [3.8, 4) is 0 Å². The molecule has 0 amide bonds. The van der Waals surface area contributed by atoms with Gasteiger partial charge in [0.1, 0.15) is 0 Å². The number of hydrogen-bond acceptors (Lipinski definition) is 0. The smallest absolute Gasteiger partial charge is 0.0258 e. The maximum absolute atomic E-state index is 6.19. The van der Waals surface area contributed by atoms with Crippen molar-refractivity contribution in [2.24, 2.45) is 5.92 Å². The molecule has 1 unspecified atom stereocenters. The fourth-order valence-electron chi connectivity index (χ4n) is 2.51. The zero-order chi connectivity index (χ0) is 14.5. The summed E-state index contributed by atoms with van der Waals surface area (Å²) in [6.07, 6.45) is 2.07. The summed E-state index contributed by atoms with van der Waals surface area (Å²) in [4.78, 5) is 0. The van der Waals surface area contributed by atoms with Gasteiger partial charge in [-0.25, -0.2) is 0 Å². The maximum Gasteiger partial charge on any atom is 0.0258 e. The summed E-state index contributed by atoms with van der Waals surface area (Å²) in [6, 6.07) is 15.2. The molecule has 0 nitrogen and oxygen atoms in total. The van der Waals surface area contributed by atoms with E-state index in [1.165, 1.54) is 22.3 Å². The predicted molar refractivity (Wildman–Crippen MR) is 91.7 cm³/mol. The fourth-order valence-corrected chi connectivity index (χ4v) is 3.17. The zero-order valence-electron chi connectivity index (χ0n) is 12.0. The highest BCUT2D eigenvalue weighted by molar-refractivity contribution is 9.10. The van der Waals surface area contributed by atoms with E-state index in [9.17, 15) is 0 Å². The molecule has 0 radical (unpaired) electrons. The van der Waals surface area contributed by atoms with E-state index in [0.29, 0.717) is 11.8 Å². The highest BCUT2D eigenvalue weighted by Crippen LogP contribution is 2.21. The molecule has 0 saturated carbocycles. The Morgan fingerprint density at radius 1 is 1.05 bits per heavy atom. The van der Waals surface area contributed by atoms with E-state index in [1.807, 2.05) is 0 Å². The van der Waals surface area contributed by atoms with Crippen LogP contribution in [0.15, 0.2) is 46.9 Å². The van der Waals surface area contributed by atoms with Gasteiger partial charge in [0.25, 0.3) is 0 Å². The summed E-state index contributed by atoms with van der Waals surface area (Å²) in [6.45, 7) is 4.33. The molecule has 2 aromatic rings. The molecule has 106 valence electrons. The minimum absolute atomic E-state index is 0.478. The Hall–Kier alpha value is -0.790. The standard InChI is InChI=1S/C18H20BrCl/c1-13-6-7-14(2)17(8-13)10-16(12-20)9-15-4-3-5-18(19)11-15/h3-8,11,16H,9-10,12H2,1-2H3. The van der Waals surface area contributed by atoms with E-state index < -0.39 is 0 Å². The van der Waals surface area contributed by atoms with Crippen LogP contribution in [0, 0.1) is 19.8 Å². The van der Waals surface area contributed by atoms with Crippen molar-refractivity contribution in [2.75, 3.05) is 5.88 Å². The first kappa shape index (κ1) is 15.6. The molecule has 0 saturated heterocycles. The average Bonchev–Trinajstić information content (AvgIpc) is 2.42. The largest absolute Gasteiger partial charge is 0.126 e. The highest BCUT2D eigenvalue weighted by atomic mass is 79.9. The van der Waals surface area contributed by atoms with Crippen LogP contribution in [0.1, 0.15) is 22.3 Å². The molecule has 0 aliphatic rings. The van der Waals surface area contributed by atoms with E-state index in [2.05, 4.69) is 72.2 Å². The highest BCUT2D eigenvalue weighted by Gasteiger charge is 2.11. The Labute approximate surface area is 135 Å². The lowest BCUT2D eigenvalue weighted by Gasteiger charge is -2.16. The Morgan fingerprint density at radius 3 is 2.55 bits per heavy atom. The van der Waals surface area contributed by atoms with E-state index in [4.69, 9.17) is 11.6 Å². The number of halogens is 2. The van der Waals surface area contributed by atoms with Gasteiger partial charge in [0, 0.05) is 10.4 Å². The molecule has 0 spiro atoms. The quantitative estimate of drug-likeness (QED) is 0.606. The second kappa shape index (κ2) is 7.28. The van der Waals surface area contributed by atoms with Crippen LogP contribution >= 0.6 is 27.5 Å². The lowest BCUT2D eigenvalue weighted by molar-refractivity contribution is 0.582. The van der Waals surface area contributed by atoms with Crippen LogP contribution in [0.4, 0.5) is 0 Å². The summed E-state index contributed by atoms with van der Waals surface area (Å²) in [5.74, 6) is 1.17. The van der Waals surface area contributed by atoms with Crippen molar-refractivity contribution in [3.05, 3.63) is 69.2 Å². The first-order valence-electron chi connectivity index (χ1n) is 6.95. The minimum Gasteiger partial charge on any atom is -0.126 e. The van der Waals surface area contributed by atoms with Crippen molar-refractivity contribution < 1.29 is 0 Å². The topological polar surface area (TPSA) is 0 Å². The molecule has 20 heavy (non-hydrogen) atoms. The third kappa shape index (κ3) is 4.36. The van der Waals surface area contributed by atoms with Gasteiger partial charge < -0.3 is 0 Å². The number of aryl methyl sites for hydroxylation is 2. The lowest BCUT2D eigenvalue weighted by Crippen LogP contribution is -2.11. The molecule has 0 aliphatic heterocycles. The Kier molecular flexibility index (Phi) is 5.68. The summed E-state index contributed by atoms with van der Waals surface area (Å²) in [7, 11) is 0. The van der Waals surface area contributed by atoms with Gasteiger partial charge in [0.2, 0.25) is 0 Å². The van der Waals surface area contributed by atoms with Gasteiger partial charge in [-0.1, -0.05) is 51.8 Å². The summed E-state index contributed by atoms with van der Waals surface area (Å²) >= 11 is 9.72. The molecule has 2 heteroatoms.